The first kappa shape index (κ1) is 33.6. The van der Waals surface area contributed by atoms with Crippen molar-refractivity contribution in [3.63, 3.8) is 0 Å². The van der Waals surface area contributed by atoms with E-state index in [1.165, 1.54) is 153 Å². The molecule has 1 heterocycles. The van der Waals surface area contributed by atoms with Gasteiger partial charge in [0.05, 0.1) is 5.92 Å². The van der Waals surface area contributed by atoms with Crippen LogP contribution >= 0.6 is 0 Å². The van der Waals surface area contributed by atoms with Crippen molar-refractivity contribution >= 4 is 12.4 Å². The molecule has 0 amide bonds. The highest BCUT2D eigenvalue weighted by Gasteiger charge is 2.35. The number of hydrogen-bond donors (Lipinski definition) is 0. The van der Waals surface area contributed by atoms with Crippen molar-refractivity contribution in [1.29, 1.82) is 0 Å². The number of unbranched alkanes of at least 4 members (excludes halogenated alkanes) is 19. The predicted octanol–water partition coefficient (Wildman–Crippen LogP) is 12.1. The SMILES string of the molecule is CCCCCCCCCCCCCCCCCCC([C+]1N=CC=N1)C(CCCCCCC)Cc1ccccc1. The lowest BCUT2D eigenvalue weighted by molar-refractivity contribution is 0.284. The second-order valence-electron chi connectivity index (χ2n) is 12.3. The van der Waals surface area contributed by atoms with Gasteiger partial charge in [-0.25, -0.2) is 0 Å². The average Bonchev–Trinajstić information content (AvgIpc) is 3.49. The van der Waals surface area contributed by atoms with E-state index in [1.54, 1.807) is 0 Å². The van der Waals surface area contributed by atoms with Gasteiger partial charge in [0, 0.05) is 0 Å². The molecule has 0 radical (unpaired) electrons. The molecule has 1 aliphatic heterocycles. The summed E-state index contributed by atoms with van der Waals surface area (Å²) < 4.78 is 0. The van der Waals surface area contributed by atoms with E-state index < -0.39 is 0 Å². The lowest BCUT2D eigenvalue weighted by atomic mass is 9.78. The minimum absolute atomic E-state index is 0.498. The number of benzene rings is 1. The van der Waals surface area contributed by atoms with Gasteiger partial charge in [-0.3, -0.25) is 0 Å². The third-order valence-corrected chi connectivity index (χ3v) is 8.77. The molecule has 2 rings (SSSR count). The van der Waals surface area contributed by atoms with Gasteiger partial charge in [-0.05, 0) is 30.7 Å². The van der Waals surface area contributed by atoms with Gasteiger partial charge in [0.2, 0.25) is 6.17 Å². The molecule has 1 aliphatic rings. The molecule has 0 fully saturated rings. The van der Waals surface area contributed by atoms with Crippen LogP contribution in [0.4, 0.5) is 0 Å². The molecule has 2 heteroatoms. The summed E-state index contributed by atoms with van der Waals surface area (Å²) in [6, 6.07) is 11.1. The Labute approximate surface area is 244 Å². The van der Waals surface area contributed by atoms with Crippen LogP contribution in [0.1, 0.15) is 167 Å². The fraction of sp³-hybridized carbons (Fsp3) is 0.757. The summed E-state index contributed by atoms with van der Waals surface area (Å²) in [5.74, 6) is 1.14. The molecule has 0 aromatic heterocycles. The molecule has 39 heavy (non-hydrogen) atoms. The zero-order valence-corrected chi connectivity index (χ0v) is 26.1. The molecule has 0 saturated heterocycles. The Morgan fingerprint density at radius 2 is 0.923 bits per heavy atom. The minimum atomic E-state index is 0.498. The maximum Gasteiger partial charge on any atom is 0.244 e. The molecule has 0 aliphatic carbocycles. The second kappa shape index (κ2) is 24.2. The smallest absolute Gasteiger partial charge is 0.0965 e. The fourth-order valence-electron chi connectivity index (χ4n) is 6.30. The normalized spacial score (nSPS) is 14.4. The van der Waals surface area contributed by atoms with Gasteiger partial charge in [0.15, 0.2) is 12.4 Å². The van der Waals surface area contributed by atoms with Crippen LogP contribution in [0.3, 0.4) is 0 Å². The Bertz CT molecular complexity index is 697. The Morgan fingerprint density at radius 1 is 0.513 bits per heavy atom. The van der Waals surface area contributed by atoms with E-state index in [1.807, 2.05) is 12.4 Å². The van der Waals surface area contributed by atoms with E-state index in [2.05, 4.69) is 44.2 Å². The van der Waals surface area contributed by atoms with Crippen molar-refractivity contribution < 1.29 is 0 Å². The maximum atomic E-state index is 4.72. The van der Waals surface area contributed by atoms with Crippen molar-refractivity contribution in [3.05, 3.63) is 42.1 Å². The zero-order chi connectivity index (χ0) is 27.6. The Kier molecular flexibility index (Phi) is 20.9. The molecule has 0 bridgehead atoms. The summed E-state index contributed by atoms with van der Waals surface area (Å²) in [5.41, 5.74) is 1.47. The molecular formula is C37H63N2+. The van der Waals surface area contributed by atoms with Crippen molar-refractivity contribution in [2.45, 2.75) is 168 Å². The van der Waals surface area contributed by atoms with Gasteiger partial charge in [0.1, 0.15) is 0 Å². The predicted molar refractivity (Wildman–Crippen MR) is 175 cm³/mol. The highest BCUT2D eigenvalue weighted by atomic mass is 15.0. The van der Waals surface area contributed by atoms with Crippen LogP contribution in [0.15, 0.2) is 40.3 Å². The number of hydrogen-bond acceptors (Lipinski definition) is 2. The van der Waals surface area contributed by atoms with E-state index in [0.29, 0.717) is 11.8 Å². The molecule has 2 unspecified atom stereocenters. The largest absolute Gasteiger partial charge is 0.244 e. The lowest BCUT2D eigenvalue weighted by Gasteiger charge is -2.26. The minimum Gasteiger partial charge on any atom is -0.0965 e. The fourth-order valence-corrected chi connectivity index (χ4v) is 6.30. The highest BCUT2D eigenvalue weighted by Crippen LogP contribution is 2.37. The highest BCUT2D eigenvalue weighted by molar-refractivity contribution is 6.18. The average molecular weight is 536 g/mol. The van der Waals surface area contributed by atoms with Crippen LogP contribution in [-0.2, 0) is 6.42 Å². The summed E-state index contributed by atoms with van der Waals surface area (Å²) in [6.07, 6.45) is 38.2. The molecule has 1 aromatic rings. The van der Waals surface area contributed by atoms with Gasteiger partial charge < -0.3 is 0 Å². The van der Waals surface area contributed by atoms with Crippen molar-refractivity contribution in [3.8, 4) is 0 Å². The van der Waals surface area contributed by atoms with Crippen molar-refractivity contribution in [2.24, 2.45) is 21.8 Å². The zero-order valence-electron chi connectivity index (χ0n) is 26.1. The first-order valence-electron chi connectivity index (χ1n) is 17.3. The van der Waals surface area contributed by atoms with Crippen LogP contribution in [0.25, 0.3) is 0 Å². The van der Waals surface area contributed by atoms with Crippen LogP contribution in [0.2, 0.25) is 0 Å². The van der Waals surface area contributed by atoms with E-state index in [-0.39, 0.29) is 0 Å². The number of rotatable bonds is 27. The monoisotopic (exact) mass is 535 g/mol. The third-order valence-electron chi connectivity index (χ3n) is 8.77. The van der Waals surface area contributed by atoms with E-state index >= 15 is 0 Å². The lowest BCUT2D eigenvalue weighted by Crippen LogP contribution is -2.22. The van der Waals surface area contributed by atoms with Crippen LogP contribution in [0.5, 0.6) is 0 Å². The molecule has 0 N–H and O–H groups in total. The van der Waals surface area contributed by atoms with Gasteiger partial charge in [-0.1, -0.05) is 189 Å². The topological polar surface area (TPSA) is 24.7 Å². The van der Waals surface area contributed by atoms with Gasteiger partial charge in [-0.2, -0.15) is 0 Å². The van der Waals surface area contributed by atoms with Crippen molar-refractivity contribution in [1.82, 2.24) is 0 Å². The summed E-state index contributed by atoms with van der Waals surface area (Å²) in [4.78, 5) is 9.44. The molecule has 2 nitrogen and oxygen atoms in total. The first-order chi connectivity index (χ1) is 19.3. The number of aliphatic imine (C=N–C) groups is 2. The quantitative estimate of drug-likeness (QED) is 0.0790. The molecular weight excluding hydrogens is 472 g/mol. The van der Waals surface area contributed by atoms with Crippen LogP contribution in [0, 0.1) is 18.0 Å². The summed E-state index contributed by atoms with van der Waals surface area (Å²) in [6.45, 7) is 4.61. The first-order valence-corrected chi connectivity index (χ1v) is 17.3. The van der Waals surface area contributed by atoms with E-state index in [4.69, 9.17) is 9.98 Å². The summed E-state index contributed by atoms with van der Waals surface area (Å²) >= 11 is 0. The van der Waals surface area contributed by atoms with Crippen molar-refractivity contribution in [2.75, 3.05) is 0 Å². The van der Waals surface area contributed by atoms with Gasteiger partial charge >= 0.3 is 0 Å². The Hall–Kier alpha value is -1.57. The molecule has 220 valence electrons. The standard InChI is InChI=1S/C37H63N2/c1-3-5-7-9-10-11-12-13-14-15-16-17-18-19-21-26-30-36(37-38-31-32-39-37)35(29-25-20-8-6-4-2)33-34-27-23-22-24-28-34/h22-24,27-28,31-32,35-36H,3-21,25-26,29-30,33H2,1-2H3/q+1. The van der Waals surface area contributed by atoms with Crippen LogP contribution in [-0.4, -0.2) is 12.4 Å². The molecule has 0 spiro atoms. The Balaban J connectivity index is 1.64. The molecule has 1 aromatic carbocycles. The molecule has 0 saturated carbocycles. The second-order valence-corrected chi connectivity index (χ2v) is 12.3. The number of nitrogens with zero attached hydrogens (tertiary/aromatic N) is 2. The summed E-state index contributed by atoms with van der Waals surface area (Å²) in [5, 5.41) is 0. The van der Waals surface area contributed by atoms with Gasteiger partial charge in [0.25, 0.3) is 0 Å². The van der Waals surface area contributed by atoms with Crippen LogP contribution < -0.4 is 0 Å². The Morgan fingerprint density at radius 3 is 1.38 bits per heavy atom. The van der Waals surface area contributed by atoms with E-state index in [0.717, 1.165) is 12.6 Å². The van der Waals surface area contributed by atoms with E-state index in [9.17, 15) is 0 Å². The maximum absolute atomic E-state index is 4.72. The van der Waals surface area contributed by atoms with Gasteiger partial charge in [-0.15, -0.1) is 0 Å². The molecule has 2 atom stereocenters. The summed E-state index contributed by atoms with van der Waals surface area (Å²) in [7, 11) is 0. The third kappa shape index (κ3) is 17.0.